The molecule has 0 radical (unpaired) electrons. The maximum absolute atomic E-state index is 13.0. The fourth-order valence-corrected chi connectivity index (χ4v) is 3.66. The Hall–Kier alpha value is -2.18. The zero-order chi connectivity index (χ0) is 18.7. The van der Waals surface area contributed by atoms with Crippen molar-refractivity contribution in [1.82, 2.24) is 14.7 Å². The highest BCUT2D eigenvalue weighted by molar-refractivity contribution is 5.94. The lowest BCUT2D eigenvalue weighted by Gasteiger charge is -2.40. The van der Waals surface area contributed by atoms with Gasteiger partial charge in [0, 0.05) is 13.1 Å². The fourth-order valence-electron chi connectivity index (χ4n) is 3.66. The van der Waals surface area contributed by atoms with Gasteiger partial charge in [0.05, 0.1) is 42.0 Å². The topological polar surface area (TPSA) is 59.4 Å². The van der Waals surface area contributed by atoms with Crippen LogP contribution in [0.3, 0.4) is 0 Å². The molecule has 1 fully saturated rings. The molecule has 6 heteroatoms. The van der Waals surface area contributed by atoms with Gasteiger partial charge in [-0.2, -0.15) is 5.10 Å². The monoisotopic (exact) mass is 356 g/mol. The predicted molar refractivity (Wildman–Crippen MR) is 102 cm³/mol. The molecule has 1 aromatic carbocycles. The van der Waals surface area contributed by atoms with Crippen LogP contribution in [0.15, 0.2) is 42.7 Å². The van der Waals surface area contributed by atoms with Gasteiger partial charge in [0.25, 0.3) is 0 Å². The van der Waals surface area contributed by atoms with E-state index < -0.39 is 0 Å². The number of morpholine rings is 1. The van der Waals surface area contributed by atoms with Gasteiger partial charge in [0.1, 0.15) is 0 Å². The van der Waals surface area contributed by atoms with Crippen molar-refractivity contribution >= 4 is 11.6 Å². The Morgan fingerprint density at radius 1 is 1.19 bits per heavy atom. The Labute approximate surface area is 155 Å². The van der Waals surface area contributed by atoms with Crippen molar-refractivity contribution < 1.29 is 9.53 Å². The number of carbonyl (C=O) groups is 1. The lowest BCUT2D eigenvalue weighted by Crippen LogP contribution is -2.55. The van der Waals surface area contributed by atoms with E-state index in [1.165, 1.54) is 0 Å². The van der Waals surface area contributed by atoms with Crippen LogP contribution in [0.2, 0.25) is 0 Å². The van der Waals surface area contributed by atoms with E-state index >= 15 is 0 Å². The van der Waals surface area contributed by atoms with Crippen LogP contribution in [0, 0.1) is 5.92 Å². The van der Waals surface area contributed by atoms with Crippen LogP contribution in [0.1, 0.15) is 27.7 Å². The second-order valence-electron chi connectivity index (χ2n) is 7.40. The van der Waals surface area contributed by atoms with E-state index in [9.17, 15) is 4.79 Å². The number of benzene rings is 1. The molecule has 2 heterocycles. The number of amides is 1. The summed E-state index contributed by atoms with van der Waals surface area (Å²) in [6.07, 6.45) is 3.80. The molecule has 1 aliphatic heterocycles. The Morgan fingerprint density at radius 3 is 2.46 bits per heavy atom. The Bertz CT molecular complexity index is 718. The molecule has 3 rings (SSSR count). The van der Waals surface area contributed by atoms with Crippen LogP contribution < -0.4 is 5.32 Å². The highest BCUT2D eigenvalue weighted by Crippen LogP contribution is 2.20. The first-order valence-corrected chi connectivity index (χ1v) is 9.24. The Balaban J connectivity index is 1.72. The van der Waals surface area contributed by atoms with Crippen LogP contribution in [-0.2, 0) is 9.53 Å². The summed E-state index contributed by atoms with van der Waals surface area (Å²) in [6, 6.07) is 9.66. The zero-order valence-corrected chi connectivity index (χ0v) is 15.9. The van der Waals surface area contributed by atoms with Gasteiger partial charge in [-0.3, -0.25) is 9.69 Å². The number of nitrogens with one attached hydrogen (secondary N) is 1. The van der Waals surface area contributed by atoms with Gasteiger partial charge in [0.15, 0.2) is 0 Å². The minimum atomic E-state index is -0.191. The van der Waals surface area contributed by atoms with E-state index in [1.54, 1.807) is 10.9 Å². The molecular weight excluding hydrogens is 328 g/mol. The number of anilines is 1. The summed E-state index contributed by atoms with van der Waals surface area (Å²) in [5.41, 5.74) is 1.67. The van der Waals surface area contributed by atoms with Crippen molar-refractivity contribution in [3.63, 3.8) is 0 Å². The van der Waals surface area contributed by atoms with Crippen molar-refractivity contribution in [2.45, 2.75) is 45.9 Å². The van der Waals surface area contributed by atoms with Gasteiger partial charge in [-0.15, -0.1) is 0 Å². The maximum atomic E-state index is 13.0. The van der Waals surface area contributed by atoms with Gasteiger partial charge >= 0.3 is 0 Å². The fraction of sp³-hybridized carbons (Fsp3) is 0.500. The summed E-state index contributed by atoms with van der Waals surface area (Å²) in [6.45, 7) is 9.82. The van der Waals surface area contributed by atoms with E-state index in [-0.39, 0.29) is 30.1 Å². The molecular formula is C20H28N4O2. The number of carbonyl (C=O) groups excluding carboxylic acids is 1. The molecule has 3 atom stereocenters. The quantitative estimate of drug-likeness (QED) is 0.895. The van der Waals surface area contributed by atoms with Crippen LogP contribution >= 0.6 is 0 Å². The van der Waals surface area contributed by atoms with Crippen molar-refractivity contribution in [3.8, 4) is 5.69 Å². The van der Waals surface area contributed by atoms with Crippen molar-refractivity contribution in [2.75, 3.05) is 18.4 Å². The minimum Gasteiger partial charge on any atom is -0.373 e. The first-order valence-electron chi connectivity index (χ1n) is 9.24. The number of hydrogen-bond donors (Lipinski definition) is 1. The summed E-state index contributed by atoms with van der Waals surface area (Å²) in [5.74, 6) is 0.213. The van der Waals surface area contributed by atoms with E-state index in [1.807, 2.05) is 36.5 Å². The van der Waals surface area contributed by atoms with Gasteiger partial charge < -0.3 is 10.1 Å². The van der Waals surface area contributed by atoms with E-state index in [2.05, 4.69) is 43.0 Å². The van der Waals surface area contributed by atoms with Crippen LogP contribution in [-0.4, -0.2) is 51.9 Å². The second-order valence-corrected chi connectivity index (χ2v) is 7.40. The number of ether oxygens (including phenoxy) is 1. The SMILES string of the molecule is CC1CN(C(C(=O)Nc2cnn(-c3ccccc3)c2)C(C)C)CC(C)O1. The third kappa shape index (κ3) is 4.31. The summed E-state index contributed by atoms with van der Waals surface area (Å²) in [7, 11) is 0. The van der Waals surface area contributed by atoms with Crippen molar-refractivity contribution in [2.24, 2.45) is 5.92 Å². The molecule has 0 spiro atoms. The summed E-state index contributed by atoms with van der Waals surface area (Å²) in [4.78, 5) is 15.2. The molecule has 1 saturated heterocycles. The van der Waals surface area contributed by atoms with Crippen molar-refractivity contribution in [1.29, 1.82) is 0 Å². The highest BCUT2D eigenvalue weighted by Gasteiger charge is 2.34. The van der Waals surface area contributed by atoms with E-state index in [0.717, 1.165) is 18.8 Å². The van der Waals surface area contributed by atoms with Gasteiger partial charge in [-0.05, 0) is 31.9 Å². The molecule has 2 aromatic rings. The molecule has 1 amide bonds. The van der Waals surface area contributed by atoms with Crippen LogP contribution in [0.4, 0.5) is 5.69 Å². The molecule has 0 bridgehead atoms. The number of hydrogen-bond acceptors (Lipinski definition) is 4. The molecule has 140 valence electrons. The lowest BCUT2D eigenvalue weighted by molar-refractivity contribution is -0.130. The second kappa shape index (κ2) is 8.01. The molecule has 1 aliphatic rings. The van der Waals surface area contributed by atoms with Crippen LogP contribution in [0.5, 0.6) is 0 Å². The minimum absolute atomic E-state index is 0.00825. The van der Waals surface area contributed by atoms with Gasteiger partial charge in [-0.1, -0.05) is 32.0 Å². The number of aromatic nitrogens is 2. The van der Waals surface area contributed by atoms with E-state index in [0.29, 0.717) is 5.69 Å². The molecule has 26 heavy (non-hydrogen) atoms. The molecule has 1 N–H and O–H groups in total. The first-order chi connectivity index (χ1) is 12.4. The summed E-state index contributed by atoms with van der Waals surface area (Å²) in [5, 5.41) is 7.38. The number of rotatable bonds is 5. The normalized spacial score (nSPS) is 22.3. The van der Waals surface area contributed by atoms with E-state index in [4.69, 9.17) is 4.74 Å². The maximum Gasteiger partial charge on any atom is 0.242 e. The van der Waals surface area contributed by atoms with Crippen molar-refractivity contribution in [3.05, 3.63) is 42.7 Å². The molecule has 1 aromatic heterocycles. The Morgan fingerprint density at radius 2 is 1.85 bits per heavy atom. The van der Waals surface area contributed by atoms with Gasteiger partial charge in [-0.25, -0.2) is 4.68 Å². The first kappa shape index (κ1) is 18.6. The van der Waals surface area contributed by atoms with Gasteiger partial charge in [0.2, 0.25) is 5.91 Å². The third-order valence-electron chi connectivity index (χ3n) is 4.61. The number of para-hydroxylation sites is 1. The molecule has 0 aliphatic carbocycles. The summed E-state index contributed by atoms with van der Waals surface area (Å²) >= 11 is 0. The Kier molecular flexibility index (Phi) is 5.74. The average molecular weight is 356 g/mol. The molecule has 3 unspecified atom stereocenters. The molecule has 6 nitrogen and oxygen atoms in total. The average Bonchev–Trinajstić information content (AvgIpc) is 3.03. The molecule has 0 saturated carbocycles. The standard InChI is InChI=1S/C20H28N4O2/c1-14(2)19(23-11-15(3)26-16(4)12-23)20(25)22-17-10-21-24(13-17)18-8-6-5-7-9-18/h5-10,13-16,19H,11-12H2,1-4H3,(H,22,25). The highest BCUT2D eigenvalue weighted by atomic mass is 16.5. The largest absolute Gasteiger partial charge is 0.373 e. The lowest BCUT2D eigenvalue weighted by atomic mass is 9.99. The van der Waals surface area contributed by atoms with Crippen LogP contribution in [0.25, 0.3) is 5.69 Å². The smallest absolute Gasteiger partial charge is 0.242 e. The third-order valence-corrected chi connectivity index (χ3v) is 4.61. The predicted octanol–water partition coefficient (Wildman–Crippen LogP) is 2.94. The summed E-state index contributed by atoms with van der Waals surface area (Å²) < 4.78 is 7.57. The number of nitrogens with zero attached hydrogens (tertiary/aromatic N) is 3. The zero-order valence-electron chi connectivity index (χ0n) is 15.9.